The number of fused-ring (bicyclic) bond motifs is 1. The monoisotopic (exact) mass is 468 g/mol. The lowest BCUT2D eigenvalue weighted by Crippen LogP contribution is -2.43. The van der Waals surface area contributed by atoms with E-state index < -0.39 is 22.0 Å². The highest BCUT2D eigenvalue weighted by Crippen LogP contribution is 2.50. The first-order chi connectivity index (χ1) is 14.6. The van der Waals surface area contributed by atoms with Crippen molar-refractivity contribution in [3.05, 3.63) is 16.1 Å². The Bertz CT molecular complexity index is 952. The number of rotatable bonds is 6. The third kappa shape index (κ3) is 4.31. The Morgan fingerprint density at radius 1 is 1.23 bits per heavy atom. The summed E-state index contributed by atoms with van der Waals surface area (Å²) >= 11 is 1.51. The maximum atomic E-state index is 13.4. The Kier molecular flexibility index (Phi) is 6.28. The van der Waals surface area contributed by atoms with Crippen LogP contribution in [0.3, 0.4) is 0 Å². The predicted molar refractivity (Wildman–Crippen MR) is 119 cm³/mol. The molecule has 10 heteroatoms. The second-order valence-corrected chi connectivity index (χ2v) is 12.4. The zero-order chi connectivity index (χ0) is 22.5. The molecule has 0 bridgehead atoms. The van der Waals surface area contributed by atoms with Gasteiger partial charge in [-0.25, -0.2) is 17.7 Å². The number of Topliss-reactive ketones (excluding diaryl/α,β-unsaturated/α-hetero) is 1. The molecule has 1 aromatic heterocycles. The number of nitrogens with zero attached hydrogens (tertiary/aromatic N) is 4. The predicted octanol–water partition coefficient (Wildman–Crippen LogP) is 1.54. The Balaban J connectivity index is 1.52. The molecule has 2 saturated heterocycles. The van der Waals surface area contributed by atoms with Crippen molar-refractivity contribution in [2.75, 3.05) is 39.5 Å². The molecule has 4 rings (SSSR count). The van der Waals surface area contributed by atoms with Crippen LogP contribution in [-0.4, -0.2) is 84.7 Å². The van der Waals surface area contributed by atoms with Gasteiger partial charge in [-0.1, -0.05) is 13.8 Å². The average molecular weight is 469 g/mol. The van der Waals surface area contributed by atoms with Crippen LogP contribution >= 0.6 is 11.3 Å². The largest absolute Gasteiger partial charge is 0.304 e. The molecule has 3 fully saturated rings. The van der Waals surface area contributed by atoms with Crippen LogP contribution in [0.5, 0.6) is 0 Å². The Morgan fingerprint density at radius 2 is 1.90 bits per heavy atom. The lowest BCUT2D eigenvalue weighted by atomic mass is 9.76. The van der Waals surface area contributed by atoms with Gasteiger partial charge in [0.1, 0.15) is 10.7 Å². The summed E-state index contributed by atoms with van der Waals surface area (Å²) in [4.78, 5) is 35.7. The van der Waals surface area contributed by atoms with Crippen LogP contribution in [0, 0.1) is 23.7 Å². The second-order valence-electron chi connectivity index (χ2n) is 9.57. The number of amides is 1. The van der Waals surface area contributed by atoms with E-state index in [2.05, 4.69) is 21.8 Å². The normalized spacial score (nSPS) is 30.4. The summed E-state index contributed by atoms with van der Waals surface area (Å²) in [6.07, 6.45) is 2.23. The van der Waals surface area contributed by atoms with E-state index in [1.54, 1.807) is 0 Å². The first-order valence-electron chi connectivity index (χ1n) is 11.0. The minimum Gasteiger partial charge on any atom is -0.304 e. The maximum absolute atomic E-state index is 13.4. The van der Waals surface area contributed by atoms with Crippen LogP contribution in [0.15, 0.2) is 5.38 Å². The van der Waals surface area contributed by atoms with Gasteiger partial charge in [0.05, 0.1) is 18.8 Å². The number of carbonyl (C=O) groups excluding carboxylic acids is 2. The van der Waals surface area contributed by atoms with Crippen molar-refractivity contribution in [2.24, 2.45) is 23.7 Å². The van der Waals surface area contributed by atoms with Gasteiger partial charge in [0, 0.05) is 49.3 Å². The first-order valence-corrected chi connectivity index (χ1v) is 13.7. The number of sulfonamides is 1. The number of carbonyl (C=O) groups is 2. The molecule has 1 amide bonds. The van der Waals surface area contributed by atoms with Gasteiger partial charge in [-0.3, -0.25) is 14.5 Å². The van der Waals surface area contributed by atoms with Crippen molar-refractivity contribution in [1.82, 2.24) is 19.1 Å². The summed E-state index contributed by atoms with van der Waals surface area (Å²) in [6, 6.07) is -0.410. The molecule has 2 aliphatic heterocycles. The SMILES string of the molecule is CC(C)[C@H]1C(=O)N(S(C)(=O)=O)[C@H]2CCC(C(=O)c3csc(CN4CCN(C)CC4)n3)[C@H]12. The molecule has 1 saturated carbocycles. The van der Waals surface area contributed by atoms with Crippen molar-refractivity contribution in [1.29, 1.82) is 0 Å². The summed E-state index contributed by atoms with van der Waals surface area (Å²) in [5, 5.41) is 2.76. The van der Waals surface area contributed by atoms with Crippen molar-refractivity contribution in [3.63, 3.8) is 0 Å². The highest BCUT2D eigenvalue weighted by atomic mass is 32.2. The number of likely N-dealkylation sites (N-methyl/N-ethyl adjacent to an activating group) is 1. The van der Waals surface area contributed by atoms with Gasteiger partial charge >= 0.3 is 0 Å². The summed E-state index contributed by atoms with van der Waals surface area (Å²) in [7, 11) is -1.53. The fourth-order valence-corrected chi connectivity index (χ4v) is 7.58. The Labute approximate surface area is 188 Å². The lowest BCUT2D eigenvalue weighted by molar-refractivity contribution is -0.129. The molecule has 0 spiro atoms. The third-order valence-electron chi connectivity index (χ3n) is 7.07. The van der Waals surface area contributed by atoms with Crippen LogP contribution in [0.4, 0.5) is 0 Å². The van der Waals surface area contributed by atoms with Crippen LogP contribution < -0.4 is 0 Å². The standard InChI is InChI=1S/C21H32N4O4S2/c1-13(2)18-19-14(5-6-16(19)25(21(18)27)31(4,28)29)20(26)15-12-30-17(22-15)11-24-9-7-23(3)8-10-24/h12-14,16,18-19H,5-11H2,1-4H3/t14?,16-,18+,19-/m0/s1. The number of hydrogen-bond donors (Lipinski definition) is 0. The van der Waals surface area contributed by atoms with E-state index >= 15 is 0 Å². The zero-order valence-corrected chi connectivity index (χ0v) is 20.3. The molecule has 1 unspecified atom stereocenters. The molecule has 0 N–H and O–H groups in total. The van der Waals surface area contributed by atoms with Gasteiger partial charge in [0.15, 0.2) is 5.78 Å². The molecule has 8 nitrogen and oxygen atoms in total. The van der Waals surface area contributed by atoms with Crippen molar-refractivity contribution in [3.8, 4) is 0 Å². The van der Waals surface area contributed by atoms with E-state index in [4.69, 9.17) is 0 Å². The number of ketones is 1. The van der Waals surface area contributed by atoms with Gasteiger partial charge in [0.2, 0.25) is 15.9 Å². The minimum absolute atomic E-state index is 0.0247. The van der Waals surface area contributed by atoms with Gasteiger partial charge in [-0.2, -0.15) is 0 Å². The minimum atomic E-state index is -3.65. The second kappa shape index (κ2) is 8.53. The van der Waals surface area contributed by atoms with E-state index in [9.17, 15) is 18.0 Å². The van der Waals surface area contributed by atoms with Gasteiger partial charge in [0.25, 0.3) is 0 Å². The maximum Gasteiger partial charge on any atom is 0.240 e. The highest BCUT2D eigenvalue weighted by molar-refractivity contribution is 7.88. The Hall–Kier alpha value is -1.36. The summed E-state index contributed by atoms with van der Waals surface area (Å²) in [6.45, 7) is 8.66. The molecule has 31 heavy (non-hydrogen) atoms. The van der Waals surface area contributed by atoms with E-state index in [1.807, 2.05) is 19.2 Å². The summed E-state index contributed by atoms with van der Waals surface area (Å²) in [5.74, 6) is -1.48. The quantitative estimate of drug-likeness (QED) is 0.585. The summed E-state index contributed by atoms with van der Waals surface area (Å²) in [5.41, 5.74) is 0.465. The molecule has 3 heterocycles. The number of aromatic nitrogens is 1. The topological polar surface area (TPSA) is 90.9 Å². The van der Waals surface area contributed by atoms with Crippen molar-refractivity contribution in [2.45, 2.75) is 39.3 Å². The van der Waals surface area contributed by atoms with Crippen molar-refractivity contribution >= 4 is 33.1 Å². The van der Waals surface area contributed by atoms with Crippen LogP contribution in [0.2, 0.25) is 0 Å². The van der Waals surface area contributed by atoms with Crippen LogP contribution in [-0.2, 0) is 21.4 Å². The molecule has 1 aromatic rings. The van der Waals surface area contributed by atoms with E-state index in [1.165, 1.54) is 11.3 Å². The lowest BCUT2D eigenvalue weighted by Gasteiger charge is -2.31. The number of piperazine rings is 1. The zero-order valence-electron chi connectivity index (χ0n) is 18.7. The molecule has 3 aliphatic rings. The molecule has 4 atom stereocenters. The fraction of sp³-hybridized carbons (Fsp3) is 0.762. The average Bonchev–Trinajstić information content (AvgIpc) is 3.36. The molecule has 172 valence electrons. The number of thiazole rings is 1. The van der Waals surface area contributed by atoms with E-state index in [0.29, 0.717) is 18.5 Å². The van der Waals surface area contributed by atoms with E-state index in [-0.39, 0.29) is 29.4 Å². The van der Waals surface area contributed by atoms with Gasteiger partial charge in [-0.05, 0) is 25.8 Å². The molecule has 0 radical (unpaired) electrons. The molecule has 0 aromatic carbocycles. The van der Waals surface area contributed by atoms with Gasteiger partial charge < -0.3 is 4.90 Å². The van der Waals surface area contributed by atoms with Crippen LogP contribution in [0.25, 0.3) is 0 Å². The van der Waals surface area contributed by atoms with Gasteiger partial charge in [-0.15, -0.1) is 11.3 Å². The molecular weight excluding hydrogens is 436 g/mol. The molecular formula is C21H32N4O4S2. The molecule has 1 aliphatic carbocycles. The smallest absolute Gasteiger partial charge is 0.240 e. The number of hydrogen-bond acceptors (Lipinski definition) is 8. The third-order valence-corrected chi connectivity index (χ3v) is 9.07. The summed E-state index contributed by atoms with van der Waals surface area (Å²) < 4.78 is 25.7. The van der Waals surface area contributed by atoms with E-state index in [0.717, 1.165) is 48.3 Å². The highest BCUT2D eigenvalue weighted by Gasteiger charge is 2.59. The Morgan fingerprint density at radius 3 is 2.52 bits per heavy atom. The van der Waals surface area contributed by atoms with Crippen LogP contribution in [0.1, 0.15) is 42.2 Å². The first kappa shape index (κ1) is 22.8. The van der Waals surface area contributed by atoms with Crippen molar-refractivity contribution < 1.29 is 18.0 Å². The fourth-order valence-electron chi connectivity index (χ4n) is 5.57.